The van der Waals surface area contributed by atoms with E-state index in [0.29, 0.717) is 0 Å². The zero-order valence-corrected chi connectivity index (χ0v) is 29.3. The Balaban J connectivity index is 1.08. The molecule has 9 aromatic carbocycles. The van der Waals surface area contributed by atoms with Crippen molar-refractivity contribution in [2.45, 2.75) is 0 Å². The molecule has 11 rings (SSSR count). The highest BCUT2D eigenvalue weighted by Crippen LogP contribution is 2.43. The van der Waals surface area contributed by atoms with Gasteiger partial charge in [0.05, 0.1) is 39.6 Å². The van der Waals surface area contributed by atoms with Crippen molar-refractivity contribution < 1.29 is 0 Å². The van der Waals surface area contributed by atoms with Crippen LogP contribution in [0.25, 0.3) is 82.1 Å². The number of hydrogen-bond donors (Lipinski definition) is 0. The van der Waals surface area contributed by atoms with Crippen LogP contribution >= 0.6 is 0 Å². The molecule has 0 saturated carbocycles. The third-order valence-electron chi connectivity index (χ3n) is 10.8. The Bertz CT molecular complexity index is 3130. The van der Waals surface area contributed by atoms with Gasteiger partial charge in [-0.1, -0.05) is 133 Å². The number of nitrogens with zero attached hydrogens (tertiary/aromatic N) is 4. The average Bonchev–Trinajstić information content (AvgIpc) is 3.59. The van der Waals surface area contributed by atoms with Crippen LogP contribution in [0.3, 0.4) is 0 Å². The van der Waals surface area contributed by atoms with E-state index in [-0.39, 0.29) is 0 Å². The second-order valence-electron chi connectivity index (χ2n) is 13.8. The number of para-hydroxylation sites is 3. The van der Waals surface area contributed by atoms with Gasteiger partial charge in [0, 0.05) is 49.6 Å². The van der Waals surface area contributed by atoms with Crippen molar-refractivity contribution in [2.24, 2.45) is 0 Å². The number of benzene rings is 9. The molecule has 0 atom stereocenters. The fourth-order valence-corrected chi connectivity index (χ4v) is 8.41. The largest absolute Gasteiger partial charge is 0.310 e. The molecule has 4 nitrogen and oxygen atoms in total. The van der Waals surface area contributed by atoms with E-state index in [1.54, 1.807) is 0 Å². The molecular weight excluding hydrogens is 657 g/mol. The molecule has 0 saturated heterocycles. The van der Waals surface area contributed by atoms with Gasteiger partial charge < -0.3 is 9.47 Å². The minimum Gasteiger partial charge on any atom is -0.310 e. The Kier molecular flexibility index (Phi) is 6.82. The highest BCUT2D eigenvalue weighted by molar-refractivity contribution is 6.23. The van der Waals surface area contributed by atoms with E-state index in [1.165, 1.54) is 32.6 Å². The minimum atomic E-state index is 0.854. The Labute approximate surface area is 311 Å². The van der Waals surface area contributed by atoms with Crippen LogP contribution in [0.4, 0.5) is 17.1 Å². The van der Waals surface area contributed by atoms with Gasteiger partial charge in [-0.15, -0.1) is 0 Å². The molecular formula is C50H32N4. The second kappa shape index (κ2) is 12.1. The fraction of sp³-hybridized carbons (Fsp3) is 0. The van der Waals surface area contributed by atoms with Gasteiger partial charge in [0.25, 0.3) is 0 Å². The van der Waals surface area contributed by atoms with Crippen molar-refractivity contribution in [2.75, 3.05) is 4.90 Å². The van der Waals surface area contributed by atoms with Crippen LogP contribution in [-0.2, 0) is 0 Å². The van der Waals surface area contributed by atoms with Gasteiger partial charge in [-0.2, -0.15) is 0 Å². The first kappa shape index (κ1) is 30.3. The van der Waals surface area contributed by atoms with Crippen LogP contribution in [0.5, 0.6) is 0 Å². The molecule has 0 bridgehead atoms. The van der Waals surface area contributed by atoms with E-state index in [2.05, 4.69) is 198 Å². The van der Waals surface area contributed by atoms with Gasteiger partial charge in [-0.05, 0) is 70.8 Å². The number of aromatic nitrogens is 3. The summed E-state index contributed by atoms with van der Waals surface area (Å²) in [6.07, 6.45) is 1.94. The molecule has 0 N–H and O–H groups in total. The first-order valence-electron chi connectivity index (χ1n) is 18.3. The number of rotatable bonds is 5. The molecule has 2 aromatic heterocycles. The predicted molar refractivity (Wildman–Crippen MR) is 227 cm³/mol. The molecule has 0 aliphatic heterocycles. The topological polar surface area (TPSA) is 34.0 Å². The summed E-state index contributed by atoms with van der Waals surface area (Å²) in [5.74, 6) is 0. The Morgan fingerprint density at radius 3 is 1.52 bits per heavy atom. The van der Waals surface area contributed by atoms with Crippen molar-refractivity contribution in [3.8, 4) is 16.9 Å². The van der Waals surface area contributed by atoms with E-state index in [9.17, 15) is 0 Å². The summed E-state index contributed by atoms with van der Waals surface area (Å²) in [4.78, 5) is 12.8. The van der Waals surface area contributed by atoms with Crippen molar-refractivity contribution in [3.63, 3.8) is 0 Å². The fourth-order valence-electron chi connectivity index (χ4n) is 8.41. The van der Waals surface area contributed by atoms with Gasteiger partial charge in [-0.25, -0.2) is 4.98 Å². The second-order valence-corrected chi connectivity index (χ2v) is 13.8. The molecule has 0 amide bonds. The zero-order valence-electron chi connectivity index (χ0n) is 29.3. The smallest absolute Gasteiger partial charge is 0.0979 e. The third kappa shape index (κ3) is 4.64. The summed E-state index contributed by atoms with van der Waals surface area (Å²) < 4.78 is 2.36. The Morgan fingerprint density at radius 1 is 0.370 bits per heavy atom. The molecule has 4 heteroatoms. The SMILES string of the molecule is c1ccc(N(c2ccc(-n3c4ccccc4c4ccccc43)cc2)c2ccc(-c3cnc4c5ccccc5c5ccccc5c4n3)c3ccccc23)cc1. The maximum absolute atomic E-state index is 5.36. The zero-order chi connectivity index (χ0) is 35.6. The van der Waals surface area contributed by atoms with Crippen molar-refractivity contribution in [3.05, 3.63) is 194 Å². The van der Waals surface area contributed by atoms with Crippen LogP contribution in [0, 0.1) is 0 Å². The summed E-state index contributed by atoms with van der Waals surface area (Å²) in [5, 5.41) is 9.39. The number of hydrogen-bond acceptors (Lipinski definition) is 3. The molecule has 0 spiro atoms. The lowest BCUT2D eigenvalue weighted by Gasteiger charge is -2.27. The molecule has 2 heterocycles. The van der Waals surface area contributed by atoms with Crippen LogP contribution in [-0.4, -0.2) is 14.5 Å². The maximum Gasteiger partial charge on any atom is 0.0979 e. The van der Waals surface area contributed by atoms with E-state index in [0.717, 1.165) is 66.6 Å². The lowest BCUT2D eigenvalue weighted by molar-refractivity contribution is 1.17. The van der Waals surface area contributed by atoms with E-state index in [1.807, 2.05) is 6.20 Å². The molecule has 0 fully saturated rings. The Hall–Kier alpha value is -7.30. The summed E-state index contributed by atoms with van der Waals surface area (Å²) in [6, 6.07) is 67.0. The number of fused-ring (bicyclic) bond motifs is 10. The van der Waals surface area contributed by atoms with Crippen molar-refractivity contribution >= 4 is 82.2 Å². The summed E-state index contributed by atoms with van der Waals surface area (Å²) in [6.45, 7) is 0. The van der Waals surface area contributed by atoms with Crippen LogP contribution < -0.4 is 4.90 Å². The number of anilines is 3. The first-order valence-corrected chi connectivity index (χ1v) is 18.3. The van der Waals surface area contributed by atoms with Gasteiger partial charge in [0.15, 0.2) is 0 Å². The monoisotopic (exact) mass is 688 g/mol. The lowest BCUT2D eigenvalue weighted by atomic mass is 9.98. The Morgan fingerprint density at radius 2 is 0.870 bits per heavy atom. The molecule has 0 aliphatic carbocycles. The average molecular weight is 689 g/mol. The molecule has 0 unspecified atom stereocenters. The van der Waals surface area contributed by atoms with Crippen molar-refractivity contribution in [1.29, 1.82) is 0 Å². The van der Waals surface area contributed by atoms with Crippen LogP contribution in [0.1, 0.15) is 0 Å². The molecule has 0 radical (unpaired) electrons. The van der Waals surface area contributed by atoms with E-state index >= 15 is 0 Å². The quantitative estimate of drug-likeness (QED) is 0.169. The standard InChI is InChI=1S/C50H32N4/c1-2-14-33(15-3-1)53(34-26-28-35(29-27-34)54-46-24-12-10-20-41(46)42-21-11-13-25-47(42)54)48-31-30-39(38-18-4-7-19-40(38)48)45-32-51-49-43-22-8-5-16-36(43)37-17-6-9-23-44(37)50(49)52-45/h1-32H. The summed E-state index contributed by atoms with van der Waals surface area (Å²) >= 11 is 0. The van der Waals surface area contributed by atoms with Gasteiger partial charge in [0.1, 0.15) is 0 Å². The molecule has 11 aromatic rings. The van der Waals surface area contributed by atoms with Gasteiger partial charge in [-0.3, -0.25) is 4.98 Å². The summed E-state index contributed by atoms with van der Waals surface area (Å²) in [5.41, 5.74) is 10.5. The van der Waals surface area contributed by atoms with E-state index < -0.39 is 0 Å². The maximum atomic E-state index is 5.36. The lowest BCUT2D eigenvalue weighted by Crippen LogP contribution is -2.10. The third-order valence-corrected chi connectivity index (χ3v) is 10.8. The van der Waals surface area contributed by atoms with Crippen molar-refractivity contribution in [1.82, 2.24) is 14.5 Å². The normalized spacial score (nSPS) is 11.7. The molecule has 252 valence electrons. The highest BCUT2D eigenvalue weighted by Gasteiger charge is 2.20. The predicted octanol–water partition coefficient (Wildman–Crippen LogP) is 13.3. The van der Waals surface area contributed by atoms with Gasteiger partial charge in [0.2, 0.25) is 0 Å². The van der Waals surface area contributed by atoms with Crippen LogP contribution in [0.2, 0.25) is 0 Å². The summed E-state index contributed by atoms with van der Waals surface area (Å²) in [7, 11) is 0. The molecule has 0 aliphatic rings. The minimum absolute atomic E-state index is 0.854. The highest BCUT2D eigenvalue weighted by atomic mass is 15.1. The first-order chi connectivity index (χ1) is 26.8. The van der Waals surface area contributed by atoms with E-state index in [4.69, 9.17) is 9.97 Å². The van der Waals surface area contributed by atoms with Crippen LogP contribution in [0.15, 0.2) is 194 Å². The van der Waals surface area contributed by atoms with Gasteiger partial charge >= 0.3 is 0 Å². The molecule has 54 heavy (non-hydrogen) atoms.